The highest BCUT2D eigenvalue weighted by atomic mass is 16.3. The van der Waals surface area contributed by atoms with Crippen LogP contribution in [0.1, 0.15) is 11.3 Å². The van der Waals surface area contributed by atoms with E-state index < -0.39 is 0 Å². The summed E-state index contributed by atoms with van der Waals surface area (Å²) in [7, 11) is 0. The van der Waals surface area contributed by atoms with Crippen LogP contribution in [-0.2, 0) is 13.2 Å². The molecule has 15 heavy (non-hydrogen) atoms. The van der Waals surface area contributed by atoms with Crippen LogP contribution in [0.25, 0.3) is 10.9 Å². The van der Waals surface area contributed by atoms with Crippen LogP contribution in [0.4, 0.5) is 0 Å². The van der Waals surface area contributed by atoms with Gasteiger partial charge in [-0.25, -0.2) is 0 Å². The van der Waals surface area contributed by atoms with Gasteiger partial charge in [0.25, 0.3) is 0 Å². The molecule has 79 valence electrons. The van der Waals surface area contributed by atoms with Crippen LogP contribution in [0.2, 0.25) is 0 Å². The van der Waals surface area contributed by atoms with E-state index in [2.05, 4.69) is 6.07 Å². The lowest BCUT2D eigenvalue weighted by Gasteiger charge is -2.05. The van der Waals surface area contributed by atoms with Crippen LogP contribution < -0.4 is 0 Å². The molecule has 0 amide bonds. The molecule has 3 nitrogen and oxygen atoms in total. The molecule has 1 aromatic heterocycles. The number of nitrogens with zero attached hydrogens (tertiary/aromatic N) is 1. The molecule has 0 aliphatic carbocycles. The molecule has 0 saturated carbocycles. The van der Waals surface area contributed by atoms with E-state index in [1.807, 2.05) is 29.7 Å². The van der Waals surface area contributed by atoms with Crippen LogP contribution in [0, 0.1) is 13.0 Å². The third-order valence-electron chi connectivity index (χ3n) is 2.75. The molecule has 0 fully saturated rings. The Kier molecular flexibility index (Phi) is 2.75. The normalized spacial score (nSPS) is 11.1. The van der Waals surface area contributed by atoms with Gasteiger partial charge in [-0.15, -0.1) is 0 Å². The first kappa shape index (κ1) is 10.2. The van der Waals surface area contributed by atoms with Gasteiger partial charge in [0.15, 0.2) is 0 Å². The second-order valence-electron chi connectivity index (χ2n) is 3.53. The number of rotatable bonds is 3. The summed E-state index contributed by atoms with van der Waals surface area (Å²) in [5, 5.41) is 19.2. The summed E-state index contributed by atoms with van der Waals surface area (Å²) in [5.74, 6) is 0. The van der Waals surface area contributed by atoms with Crippen molar-refractivity contribution in [3.63, 3.8) is 0 Å². The summed E-state index contributed by atoms with van der Waals surface area (Å²) < 4.78 is 2.01. The Hall–Kier alpha value is -1.32. The molecular formula is C12H14NO2. The smallest absolute Gasteiger partial charge is 0.0705 e. The van der Waals surface area contributed by atoms with E-state index in [9.17, 15) is 5.11 Å². The summed E-state index contributed by atoms with van der Waals surface area (Å²) in [6.07, 6.45) is 0. The van der Waals surface area contributed by atoms with Gasteiger partial charge < -0.3 is 14.8 Å². The van der Waals surface area contributed by atoms with Gasteiger partial charge in [0.05, 0.1) is 13.2 Å². The van der Waals surface area contributed by atoms with Crippen molar-refractivity contribution in [2.45, 2.75) is 20.1 Å². The number of aliphatic hydroxyl groups excluding tert-OH is 2. The van der Waals surface area contributed by atoms with Crippen molar-refractivity contribution in [1.82, 2.24) is 4.57 Å². The van der Waals surface area contributed by atoms with Gasteiger partial charge in [-0.05, 0) is 19.1 Å². The topological polar surface area (TPSA) is 45.4 Å². The highest BCUT2D eigenvalue weighted by Gasteiger charge is 2.11. The van der Waals surface area contributed by atoms with Gasteiger partial charge in [0, 0.05) is 28.7 Å². The van der Waals surface area contributed by atoms with Gasteiger partial charge in [-0.3, -0.25) is 0 Å². The molecule has 3 heteroatoms. The molecule has 0 spiro atoms. The molecule has 2 rings (SSSR count). The second-order valence-corrected chi connectivity index (χ2v) is 3.53. The molecular weight excluding hydrogens is 190 g/mol. The van der Waals surface area contributed by atoms with Gasteiger partial charge >= 0.3 is 0 Å². The average molecular weight is 204 g/mol. The van der Waals surface area contributed by atoms with Crippen molar-refractivity contribution in [3.8, 4) is 0 Å². The van der Waals surface area contributed by atoms with E-state index >= 15 is 0 Å². The summed E-state index contributed by atoms with van der Waals surface area (Å²) >= 11 is 0. The zero-order valence-electron chi connectivity index (χ0n) is 8.70. The zero-order valence-corrected chi connectivity index (χ0v) is 8.70. The first-order valence-corrected chi connectivity index (χ1v) is 4.99. The molecule has 2 aromatic rings. The second kappa shape index (κ2) is 4.04. The minimum Gasteiger partial charge on any atom is -0.395 e. The molecule has 0 saturated heterocycles. The first-order valence-electron chi connectivity index (χ1n) is 4.99. The van der Waals surface area contributed by atoms with E-state index in [0.29, 0.717) is 6.54 Å². The maximum Gasteiger partial charge on any atom is 0.0705 e. The Balaban J connectivity index is 2.72. The molecule has 2 N–H and O–H groups in total. The van der Waals surface area contributed by atoms with Crippen molar-refractivity contribution in [3.05, 3.63) is 35.5 Å². The van der Waals surface area contributed by atoms with Gasteiger partial charge in [-0.1, -0.05) is 12.1 Å². The largest absolute Gasteiger partial charge is 0.395 e. The molecule has 1 aromatic carbocycles. The van der Waals surface area contributed by atoms with Crippen molar-refractivity contribution in [2.24, 2.45) is 0 Å². The molecule has 0 bridgehead atoms. The van der Waals surface area contributed by atoms with Crippen LogP contribution >= 0.6 is 0 Å². The fourth-order valence-corrected chi connectivity index (χ4v) is 2.00. The molecule has 0 unspecified atom stereocenters. The molecule has 0 aliphatic heterocycles. The lowest BCUT2D eigenvalue weighted by molar-refractivity contribution is 0.272. The summed E-state index contributed by atoms with van der Waals surface area (Å²) in [5.41, 5.74) is 2.93. The third-order valence-corrected chi connectivity index (χ3v) is 2.75. The number of aliphatic hydroxyl groups is 2. The molecule has 1 radical (unpaired) electrons. The highest BCUT2D eigenvalue weighted by molar-refractivity contribution is 5.84. The predicted octanol–water partition coefficient (Wildman–Crippen LogP) is 1.23. The summed E-state index contributed by atoms with van der Waals surface area (Å²) in [6, 6.07) is 8.86. The lowest BCUT2D eigenvalue weighted by Crippen LogP contribution is -2.04. The van der Waals surface area contributed by atoms with Crippen LogP contribution in [0.15, 0.2) is 18.2 Å². The Morgan fingerprint density at radius 1 is 1.40 bits per heavy atom. The molecule has 0 aliphatic rings. The van der Waals surface area contributed by atoms with Crippen LogP contribution in [-0.4, -0.2) is 21.4 Å². The monoisotopic (exact) mass is 204 g/mol. The summed E-state index contributed by atoms with van der Waals surface area (Å²) in [6.45, 7) is 2.63. The van der Waals surface area contributed by atoms with E-state index in [1.54, 1.807) is 0 Å². The highest BCUT2D eigenvalue weighted by Crippen LogP contribution is 2.25. The van der Waals surface area contributed by atoms with E-state index in [0.717, 1.165) is 22.2 Å². The van der Waals surface area contributed by atoms with E-state index in [1.165, 1.54) is 0 Å². The van der Waals surface area contributed by atoms with Crippen LogP contribution in [0.5, 0.6) is 0 Å². The minimum absolute atomic E-state index is 0.0152. The van der Waals surface area contributed by atoms with Crippen LogP contribution in [0.3, 0.4) is 0 Å². The van der Waals surface area contributed by atoms with Gasteiger partial charge in [0.2, 0.25) is 0 Å². The first-order chi connectivity index (χ1) is 7.29. The Labute approximate surface area is 88.6 Å². The predicted molar refractivity (Wildman–Crippen MR) is 58.5 cm³/mol. The SMILES string of the molecule is Cc1c(CO)c2[c]cccc2n1CCO. The standard InChI is InChI=1S/C12H14NO2/c1-9-11(8-15)10-4-2-3-5-12(10)13(9)6-7-14/h2-3,5,14-15H,6-8H2,1H3. The Morgan fingerprint density at radius 3 is 2.87 bits per heavy atom. The number of hydrogen-bond acceptors (Lipinski definition) is 2. The lowest BCUT2D eigenvalue weighted by atomic mass is 10.1. The van der Waals surface area contributed by atoms with E-state index in [-0.39, 0.29) is 13.2 Å². The fourth-order valence-electron chi connectivity index (χ4n) is 2.00. The number of fused-ring (bicyclic) bond motifs is 1. The number of hydrogen-bond donors (Lipinski definition) is 2. The third kappa shape index (κ3) is 1.54. The van der Waals surface area contributed by atoms with Gasteiger partial charge in [0.1, 0.15) is 0 Å². The molecule has 0 atom stereocenters. The fraction of sp³-hybridized carbons (Fsp3) is 0.333. The number of aromatic nitrogens is 1. The number of benzene rings is 1. The van der Waals surface area contributed by atoms with E-state index in [4.69, 9.17) is 5.11 Å². The van der Waals surface area contributed by atoms with Crippen molar-refractivity contribution in [1.29, 1.82) is 0 Å². The molecule has 1 heterocycles. The average Bonchev–Trinajstić information content (AvgIpc) is 2.53. The minimum atomic E-state index is 0.0152. The zero-order chi connectivity index (χ0) is 10.8. The van der Waals surface area contributed by atoms with Crippen molar-refractivity contribution in [2.75, 3.05) is 6.61 Å². The Bertz CT molecular complexity index is 474. The maximum absolute atomic E-state index is 9.30. The van der Waals surface area contributed by atoms with Crippen molar-refractivity contribution < 1.29 is 10.2 Å². The summed E-state index contributed by atoms with van der Waals surface area (Å²) in [4.78, 5) is 0. The Morgan fingerprint density at radius 2 is 2.20 bits per heavy atom. The quantitative estimate of drug-likeness (QED) is 0.790. The van der Waals surface area contributed by atoms with Gasteiger partial charge in [-0.2, -0.15) is 0 Å². The van der Waals surface area contributed by atoms with Crippen molar-refractivity contribution >= 4 is 10.9 Å². The maximum atomic E-state index is 9.30.